The van der Waals surface area contributed by atoms with Crippen molar-refractivity contribution < 1.29 is 9.53 Å². The summed E-state index contributed by atoms with van der Waals surface area (Å²) in [4.78, 5) is 36.6. The van der Waals surface area contributed by atoms with Crippen molar-refractivity contribution in [1.82, 2.24) is 19.7 Å². The number of carbonyl (C=O) groups excluding carboxylic acids is 1. The zero-order chi connectivity index (χ0) is 13.1. The molecular formula is C10H10N4O4. The van der Waals surface area contributed by atoms with Crippen molar-refractivity contribution in [2.45, 2.75) is 6.92 Å². The lowest BCUT2D eigenvalue weighted by atomic mass is 10.3. The summed E-state index contributed by atoms with van der Waals surface area (Å²) in [5, 5.41) is 6.21. The van der Waals surface area contributed by atoms with Crippen LogP contribution in [0.1, 0.15) is 17.3 Å². The van der Waals surface area contributed by atoms with E-state index in [9.17, 15) is 14.4 Å². The second-order valence-electron chi connectivity index (χ2n) is 3.35. The number of ether oxygens (including phenoxy) is 1. The van der Waals surface area contributed by atoms with Gasteiger partial charge in [0.1, 0.15) is 5.56 Å². The van der Waals surface area contributed by atoms with Gasteiger partial charge in [0.15, 0.2) is 0 Å². The molecule has 0 atom stereocenters. The first-order valence-corrected chi connectivity index (χ1v) is 5.15. The van der Waals surface area contributed by atoms with Gasteiger partial charge in [-0.2, -0.15) is 5.10 Å². The van der Waals surface area contributed by atoms with Gasteiger partial charge in [0.2, 0.25) is 0 Å². The van der Waals surface area contributed by atoms with E-state index < -0.39 is 17.2 Å². The van der Waals surface area contributed by atoms with Crippen LogP contribution in [0.3, 0.4) is 0 Å². The summed E-state index contributed by atoms with van der Waals surface area (Å²) in [7, 11) is 0. The summed E-state index contributed by atoms with van der Waals surface area (Å²) in [6, 6.07) is 0. The Kier molecular flexibility index (Phi) is 3.09. The number of H-pyrrole nitrogens is 2. The van der Waals surface area contributed by atoms with Gasteiger partial charge < -0.3 is 4.74 Å². The summed E-state index contributed by atoms with van der Waals surface area (Å²) in [6.45, 7) is 1.77. The fraction of sp³-hybridized carbons (Fsp3) is 0.200. The Morgan fingerprint density at radius 1 is 1.50 bits per heavy atom. The highest BCUT2D eigenvalue weighted by atomic mass is 16.5. The van der Waals surface area contributed by atoms with Crippen molar-refractivity contribution in [1.29, 1.82) is 0 Å². The molecule has 0 fully saturated rings. The third kappa shape index (κ3) is 2.08. The molecular weight excluding hydrogens is 240 g/mol. The molecule has 0 radical (unpaired) electrons. The van der Waals surface area contributed by atoms with Crippen molar-refractivity contribution >= 4 is 5.97 Å². The third-order valence-corrected chi connectivity index (χ3v) is 2.20. The van der Waals surface area contributed by atoms with Crippen LogP contribution in [0.25, 0.3) is 5.69 Å². The maximum absolute atomic E-state index is 11.6. The first-order valence-electron chi connectivity index (χ1n) is 5.15. The largest absolute Gasteiger partial charge is 0.462 e. The lowest BCUT2D eigenvalue weighted by molar-refractivity contribution is 0.0523. The van der Waals surface area contributed by atoms with E-state index >= 15 is 0 Å². The Hall–Kier alpha value is -2.64. The van der Waals surface area contributed by atoms with Gasteiger partial charge in [-0.3, -0.25) is 19.4 Å². The quantitative estimate of drug-likeness (QED) is 0.708. The number of aromatic amines is 2. The number of aromatic nitrogens is 4. The van der Waals surface area contributed by atoms with Gasteiger partial charge in [-0.25, -0.2) is 9.59 Å². The fourth-order valence-electron chi connectivity index (χ4n) is 1.39. The van der Waals surface area contributed by atoms with Gasteiger partial charge in [-0.15, -0.1) is 0 Å². The number of nitrogens with zero attached hydrogens (tertiary/aromatic N) is 2. The summed E-state index contributed by atoms with van der Waals surface area (Å²) in [5.74, 6) is -0.781. The number of hydrogen-bond donors (Lipinski definition) is 2. The number of rotatable bonds is 3. The van der Waals surface area contributed by atoms with E-state index in [-0.39, 0.29) is 12.2 Å². The zero-order valence-electron chi connectivity index (χ0n) is 9.47. The maximum Gasteiger partial charge on any atom is 0.345 e. The number of carbonyl (C=O) groups is 1. The molecule has 2 rings (SSSR count). The molecule has 0 aromatic carbocycles. The molecule has 0 spiro atoms. The highest BCUT2D eigenvalue weighted by Gasteiger charge is 2.14. The lowest BCUT2D eigenvalue weighted by Gasteiger charge is -2.04. The Bertz CT molecular complexity index is 668. The fourth-order valence-corrected chi connectivity index (χ4v) is 1.39. The van der Waals surface area contributed by atoms with Crippen LogP contribution in [0.2, 0.25) is 0 Å². The van der Waals surface area contributed by atoms with Gasteiger partial charge in [-0.1, -0.05) is 0 Å². The van der Waals surface area contributed by atoms with Crippen LogP contribution < -0.4 is 11.2 Å². The molecule has 0 aliphatic carbocycles. The SMILES string of the molecule is CCOC(=O)c1cn(-c2cn[nH]c2)c(=O)[nH]c1=O. The van der Waals surface area contributed by atoms with Crippen LogP contribution in [0, 0.1) is 0 Å². The average molecular weight is 250 g/mol. The maximum atomic E-state index is 11.6. The molecule has 94 valence electrons. The van der Waals surface area contributed by atoms with Crippen molar-refractivity contribution in [3.63, 3.8) is 0 Å². The van der Waals surface area contributed by atoms with E-state index in [0.717, 1.165) is 10.8 Å². The van der Waals surface area contributed by atoms with Crippen LogP contribution >= 0.6 is 0 Å². The monoisotopic (exact) mass is 250 g/mol. The Balaban J connectivity index is 2.57. The summed E-state index contributed by atoms with van der Waals surface area (Å²) in [5.41, 5.74) is -1.27. The predicted molar refractivity (Wildman–Crippen MR) is 60.8 cm³/mol. The van der Waals surface area contributed by atoms with E-state index in [1.165, 1.54) is 12.4 Å². The molecule has 2 aromatic heterocycles. The highest BCUT2D eigenvalue weighted by molar-refractivity contribution is 5.88. The van der Waals surface area contributed by atoms with Crippen LogP contribution in [-0.2, 0) is 4.74 Å². The Morgan fingerprint density at radius 3 is 2.89 bits per heavy atom. The van der Waals surface area contributed by atoms with E-state index in [4.69, 9.17) is 4.74 Å². The summed E-state index contributed by atoms with van der Waals surface area (Å²) in [6.07, 6.45) is 3.97. The van der Waals surface area contributed by atoms with Crippen LogP contribution in [0.4, 0.5) is 0 Å². The van der Waals surface area contributed by atoms with E-state index in [1.54, 1.807) is 6.92 Å². The van der Waals surface area contributed by atoms with Crippen molar-refractivity contribution in [3.8, 4) is 5.69 Å². The minimum absolute atomic E-state index is 0.142. The van der Waals surface area contributed by atoms with Crippen LogP contribution in [0.5, 0.6) is 0 Å². The van der Waals surface area contributed by atoms with Gasteiger partial charge in [0.25, 0.3) is 5.56 Å². The normalized spacial score (nSPS) is 10.3. The van der Waals surface area contributed by atoms with Crippen molar-refractivity contribution in [2.75, 3.05) is 6.61 Å². The van der Waals surface area contributed by atoms with E-state index in [0.29, 0.717) is 5.69 Å². The average Bonchev–Trinajstić information content (AvgIpc) is 2.82. The van der Waals surface area contributed by atoms with Crippen molar-refractivity contribution in [2.24, 2.45) is 0 Å². The van der Waals surface area contributed by atoms with Crippen LogP contribution in [0.15, 0.2) is 28.2 Å². The standard InChI is InChI=1S/C10H10N4O4/c1-2-18-9(16)7-5-14(6-3-11-12-4-6)10(17)13-8(7)15/h3-5H,2H2,1H3,(H,11,12)(H,13,15,17). The first kappa shape index (κ1) is 11.8. The second kappa shape index (κ2) is 4.70. The van der Waals surface area contributed by atoms with Crippen LogP contribution in [-0.4, -0.2) is 32.3 Å². The zero-order valence-corrected chi connectivity index (χ0v) is 9.47. The van der Waals surface area contributed by atoms with Gasteiger partial charge >= 0.3 is 11.7 Å². The predicted octanol–water partition coefficient (Wildman–Crippen LogP) is -0.574. The van der Waals surface area contributed by atoms with Gasteiger partial charge in [-0.05, 0) is 6.92 Å². The van der Waals surface area contributed by atoms with Gasteiger partial charge in [0, 0.05) is 12.4 Å². The number of hydrogen-bond acceptors (Lipinski definition) is 5. The molecule has 8 nitrogen and oxygen atoms in total. The minimum atomic E-state index is -0.781. The molecule has 0 unspecified atom stereocenters. The molecule has 18 heavy (non-hydrogen) atoms. The topological polar surface area (TPSA) is 110 Å². The third-order valence-electron chi connectivity index (χ3n) is 2.20. The molecule has 0 bridgehead atoms. The first-order chi connectivity index (χ1) is 8.63. The second-order valence-corrected chi connectivity index (χ2v) is 3.35. The molecule has 8 heteroatoms. The number of nitrogens with one attached hydrogen (secondary N) is 2. The summed E-state index contributed by atoms with van der Waals surface area (Å²) >= 11 is 0. The molecule has 2 heterocycles. The Labute approximate surface area is 100 Å². The van der Waals surface area contributed by atoms with E-state index in [2.05, 4.69) is 10.2 Å². The molecule has 0 aliphatic heterocycles. The molecule has 0 saturated carbocycles. The molecule has 2 aromatic rings. The molecule has 2 N–H and O–H groups in total. The smallest absolute Gasteiger partial charge is 0.345 e. The summed E-state index contributed by atoms with van der Waals surface area (Å²) < 4.78 is 5.82. The Morgan fingerprint density at radius 2 is 2.28 bits per heavy atom. The molecule has 0 amide bonds. The lowest BCUT2D eigenvalue weighted by Crippen LogP contribution is -2.32. The minimum Gasteiger partial charge on any atom is -0.462 e. The van der Waals surface area contributed by atoms with Crippen molar-refractivity contribution in [3.05, 3.63) is 45.0 Å². The highest BCUT2D eigenvalue weighted by Crippen LogP contribution is 2.01. The number of esters is 1. The molecule has 0 saturated heterocycles. The van der Waals surface area contributed by atoms with E-state index in [1.807, 2.05) is 4.98 Å². The van der Waals surface area contributed by atoms with Gasteiger partial charge in [0.05, 0.1) is 18.5 Å². The molecule has 0 aliphatic rings.